The Morgan fingerprint density at radius 3 is 2.09 bits per heavy atom. The molecule has 1 aromatic heterocycles. The van der Waals surface area contributed by atoms with Gasteiger partial charge in [-0.1, -0.05) is 58.6 Å². The van der Waals surface area contributed by atoms with E-state index in [1.807, 2.05) is 0 Å². The number of pyridine rings is 1. The quantitative estimate of drug-likeness (QED) is 0.502. The minimum Gasteiger partial charge on any atom is -0.263 e. The molecule has 8 heteroatoms. The molecule has 0 aliphatic heterocycles. The highest BCUT2D eigenvalue weighted by Crippen LogP contribution is 2.41. The largest absolute Gasteiger partial charge is 0.399 e. The van der Waals surface area contributed by atoms with Crippen molar-refractivity contribution in [3.63, 3.8) is 0 Å². The van der Waals surface area contributed by atoms with Crippen molar-refractivity contribution in [3.8, 4) is 0 Å². The Morgan fingerprint density at radius 1 is 0.957 bits per heavy atom. The minimum atomic E-state index is -4.52. The maximum Gasteiger partial charge on any atom is 0.399 e. The van der Waals surface area contributed by atoms with Crippen molar-refractivity contribution in [2.24, 2.45) is 0 Å². The zero-order valence-electron chi connectivity index (χ0n) is 11.2. The fourth-order valence-corrected chi connectivity index (χ4v) is 2.69. The Labute approximate surface area is 150 Å². The highest BCUT2D eigenvalue weighted by Gasteiger charge is 2.39. The summed E-state index contributed by atoms with van der Waals surface area (Å²) < 4.78 is 40.0. The third-order valence-electron chi connectivity index (χ3n) is 2.93. The van der Waals surface area contributed by atoms with Gasteiger partial charge in [-0.2, -0.15) is 13.2 Å². The van der Waals surface area contributed by atoms with Crippen LogP contribution in [0.3, 0.4) is 0 Å². The summed E-state index contributed by atoms with van der Waals surface area (Å²) in [5, 5.41) is 0.261. The number of aromatic nitrogens is 1. The Balaban J connectivity index is 2.43. The molecule has 0 radical (unpaired) electrons. The van der Waals surface area contributed by atoms with E-state index in [0.29, 0.717) is 10.6 Å². The fraction of sp³-hybridized carbons (Fsp3) is 0.133. The number of allylic oxidation sites excluding steroid dienone is 1. The van der Waals surface area contributed by atoms with E-state index in [9.17, 15) is 13.2 Å². The molecule has 122 valence electrons. The number of halogens is 7. The van der Waals surface area contributed by atoms with E-state index in [-0.39, 0.29) is 20.6 Å². The molecule has 0 saturated carbocycles. The van der Waals surface area contributed by atoms with Crippen LogP contribution in [0.25, 0.3) is 6.08 Å². The van der Waals surface area contributed by atoms with Crippen LogP contribution in [0.5, 0.6) is 0 Å². The third-order valence-corrected chi connectivity index (χ3v) is 4.33. The number of benzene rings is 1. The topological polar surface area (TPSA) is 12.9 Å². The molecular weight excluding hydrogens is 393 g/mol. The average Bonchev–Trinajstić information content (AvgIpc) is 2.43. The number of alkyl halides is 3. The molecule has 1 aromatic carbocycles. The van der Waals surface area contributed by atoms with Gasteiger partial charge < -0.3 is 0 Å². The molecule has 2 aromatic rings. The number of nitrogens with zero attached hydrogens (tertiary/aromatic N) is 1. The predicted octanol–water partition coefficient (Wildman–Crippen LogP) is 7.05. The van der Waals surface area contributed by atoms with E-state index >= 15 is 0 Å². The van der Waals surface area contributed by atoms with Crippen molar-refractivity contribution >= 4 is 52.5 Å². The first-order valence-electron chi connectivity index (χ1n) is 6.18. The second kappa shape index (κ2) is 7.31. The van der Waals surface area contributed by atoms with E-state index in [2.05, 4.69) is 4.98 Å². The average molecular weight is 401 g/mol. The monoisotopic (exact) mass is 399 g/mol. The number of hydrogen-bond donors (Lipinski definition) is 0. The van der Waals surface area contributed by atoms with Gasteiger partial charge in [-0.05, 0) is 29.3 Å². The van der Waals surface area contributed by atoms with Gasteiger partial charge in [0.2, 0.25) is 0 Å². The zero-order valence-corrected chi connectivity index (χ0v) is 14.2. The molecule has 0 fully saturated rings. The molecule has 1 unspecified atom stereocenters. The molecule has 2 rings (SSSR count). The molecule has 1 heterocycles. The summed E-state index contributed by atoms with van der Waals surface area (Å²) in [4.78, 5) is 3.81. The van der Waals surface area contributed by atoms with Crippen LogP contribution < -0.4 is 0 Å². The summed E-state index contributed by atoms with van der Waals surface area (Å²) in [5.41, 5.74) is 0.334. The second-order valence-corrected chi connectivity index (χ2v) is 6.24. The molecular formula is C15H8Cl4F3N. The Hall–Kier alpha value is -0.940. The molecule has 0 amide bonds. The van der Waals surface area contributed by atoms with Gasteiger partial charge in [-0.15, -0.1) is 0 Å². The van der Waals surface area contributed by atoms with E-state index in [1.165, 1.54) is 24.5 Å². The summed E-state index contributed by atoms with van der Waals surface area (Å²) in [6, 6.07) is 3.79. The van der Waals surface area contributed by atoms with Crippen molar-refractivity contribution in [2.75, 3.05) is 0 Å². The molecule has 0 N–H and O–H groups in total. The summed E-state index contributed by atoms with van der Waals surface area (Å²) in [5.74, 6) is -1.89. The molecule has 0 aliphatic rings. The van der Waals surface area contributed by atoms with Gasteiger partial charge in [0.15, 0.2) is 0 Å². The fourth-order valence-electron chi connectivity index (χ4n) is 1.89. The Kier molecular flexibility index (Phi) is 5.84. The standard InChI is InChI=1S/C15H8Cl4F3N/c16-10-3-8(6-23-7-10)1-2-11(15(20,21)22)9-4-12(17)14(19)13(18)5-9/h1-7,11H. The number of hydrogen-bond acceptors (Lipinski definition) is 1. The normalized spacial score (nSPS) is 13.5. The van der Waals surface area contributed by atoms with Crippen LogP contribution in [0.15, 0.2) is 36.7 Å². The van der Waals surface area contributed by atoms with Gasteiger partial charge in [0.05, 0.1) is 26.0 Å². The molecule has 1 nitrogen and oxygen atoms in total. The van der Waals surface area contributed by atoms with E-state index in [0.717, 1.165) is 18.2 Å². The molecule has 0 bridgehead atoms. The molecule has 0 spiro atoms. The summed E-state index contributed by atoms with van der Waals surface area (Å²) in [6.45, 7) is 0. The van der Waals surface area contributed by atoms with E-state index in [1.54, 1.807) is 0 Å². The number of rotatable bonds is 3. The van der Waals surface area contributed by atoms with E-state index in [4.69, 9.17) is 46.4 Å². The lowest BCUT2D eigenvalue weighted by molar-refractivity contribution is -0.139. The van der Waals surface area contributed by atoms with Gasteiger partial charge in [0, 0.05) is 12.4 Å². The molecule has 0 aliphatic carbocycles. The SMILES string of the molecule is FC(F)(F)C(C=Cc1cncc(Cl)c1)c1cc(Cl)c(Cl)c(Cl)c1. The molecule has 1 atom stereocenters. The van der Waals surface area contributed by atoms with Crippen molar-refractivity contribution in [1.29, 1.82) is 0 Å². The maximum atomic E-state index is 13.3. The summed E-state index contributed by atoms with van der Waals surface area (Å²) in [7, 11) is 0. The first-order chi connectivity index (χ1) is 10.7. The summed E-state index contributed by atoms with van der Waals surface area (Å²) >= 11 is 23.2. The van der Waals surface area contributed by atoms with Crippen LogP contribution in [-0.2, 0) is 0 Å². The predicted molar refractivity (Wildman–Crippen MR) is 88.5 cm³/mol. The second-order valence-electron chi connectivity index (χ2n) is 4.61. The van der Waals surface area contributed by atoms with Crippen LogP contribution in [0, 0.1) is 0 Å². The summed E-state index contributed by atoms with van der Waals surface area (Å²) in [6.07, 6.45) is 0.538. The van der Waals surface area contributed by atoms with Crippen LogP contribution in [0.1, 0.15) is 17.0 Å². The van der Waals surface area contributed by atoms with Gasteiger partial charge in [-0.25, -0.2) is 0 Å². The van der Waals surface area contributed by atoms with Crippen LogP contribution in [0.2, 0.25) is 20.1 Å². The maximum absolute atomic E-state index is 13.3. The third kappa shape index (κ3) is 4.77. The minimum absolute atomic E-state index is 0.0148. The lowest BCUT2D eigenvalue weighted by Gasteiger charge is -2.18. The zero-order chi connectivity index (χ0) is 17.2. The van der Waals surface area contributed by atoms with Crippen molar-refractivity contribution in [2.45, 2.75) is 12.1 Å². The van der Waals surface area contributed by atoms with Crippen LogP contribution >= 0.6 is 46.4 Å². The Bertz CT molecular complexity index is 721. The smallest absolute Gasteiger partial charge is 0.263 e. The van der Waals surface area contributed by atoms with Crippen LogP contribution in [-0.4, -0.2) is 11.2 Å². The van der Waals surface area contributed by atoms with E-state index < -0.39 is 12.1 Å². The van der Waals surface area contributed by atoms with Gasteiger partial charge in [-0.3, -0.25) is 4.98 Å². The van der Waals surface area contributed by atoms with Gasteiger partial charge in [0.1, 0.15) is 0 Å². The van der Waals surface area contributed by atoms with Gasteiger partial charge >= 0.3 is 6.18 Å². The van der Waals surface area contributed by atoms with Crippen LogP contribution in [0.4, 0.5) is 13.2 Å². The highest BCUT2D eigenvalue weighted by molar-refractivity contribution is 6.48. The highest BCUT2D eigenvalue weighted by atomic mass is 35.5. The van der Waals surface area contributed by atoms with Gasteiger partial charge in [0.25, 0.3) is 0 Å². The van der Waals surface area contributed by atoms with Crippen molar-refractivity contribution < 1.29 is 13.2 Å². The molecule has 23 heavy (non-hydrogen) atoms. The molecule has 0 saturated heterocycles. The van der Waals surface area contributed by atoms with Crippen molar-refractivity contribution in [3.05, 3.63) is 67.9 Å². The first kappa shape index (κ1) is 18.4. The first-order valence-corrected chi connectivity index (χ1v) is 7.69. The van der Waals surface area contributed by atoms with Crippen molar-refractivity contribution in [1.82, 2.24) is 4.98 Å². The lowest BCUT2D eigenvalue weighted by Crippen LogP contribution is -2.19. The lowest BCUT2D eigenvalue weighted by atomic mass is 9.97. The Morgan fingerprint density at radius 2 is 1.57 bits per heavy atom.